The topological polar surface area (TPSA) is 69.2 Å². The van der Waals surface area contributed by atoms with Crippen LogP contribution in [0.2, 0.25) is 0 Å². The van der Waals surface area contributed by atoms with Gasteiger partial charge in [0.2, 0.25) is 0 Å². The van der Waals surface area contributed by atoms with Gasteiger partial charge in [-0.25, -0.2) is 9.99 Å². The highest BCUT2D eigenvalue weighted by Crippen LogP contribution is 2.35. The van der Waals surface area contributed by atoms with Gasteiger partial charge in [-0.05, 0) is 44.7 Å². The maximum atomic E-state index is 4.73. The first kappa shape index (κ1) is 16.6. The number of hydrogen-bond donors (Lipinski definition) is 2. The number of anilines is 2. The second-order valence-electron chi connectivity index (χ2n) is 6.02. The fraction of sp³-hybridized carbons (Fsp3) is 0.471. The number of rotatable bonds is 6. The predicted molar refractivity (Wildman–Crippen MR) is 96.9 cm³/mol. The molecule has 0 bridgehead atoms. The van der Waals surface area contributed by atoms with Crippen LogP contribution in [0.1, 0.15) is 25.5 Å². The predicted octanol–water partition coefficient (Wildman–Crippen LogP) is 1.92. The fourth-order valence-corrected chi connectivity index (χ4v) is 2.90. The highest BCUT2D eigenvalue weighted by Gasteiger charge is 2.24. The Morgan fingerprint density at radius 2 is 2.21 bits per heavy atom. The van der Waals surface area contributed by atoms with Gasteiger partial charge in [0, 0.05) is 32.2 Å². The van der Waals surface area contributed by atoms with E-state index in [0.29, 0.717) is 11.9 Å². The van der Waals surface area contributed by atoms with Gasteiger partial charge in [-0.1, -0.05) is 0 Å². The van der Waals surface area contributed by atoms with Gasteiger partial charge in [0.05, 0.1) is 17.9 Å². The van der Waals surface area contributed by atoms with E-state index in [4.69, 9.17) is 4.98 Å². The smallest absolute Gasteiger partial charge is 0.183 e. The number of hydrogen-bond acceptors (Lipinski definition) is 7. The molecule has 128 valence electrons. The van der Waals surface area contributed by atoms with Crippen LogP contribution in [0.5, 0.6) is 0 Å². The summed E-state index contributed by atoms with van der Waals surface area (Å²) in [5, 5.41) is 13.7. The van der Waals surface area contributed by atoms with Crippen molar-refractivity contribution in [3.63, 3.8) is 0 Å². The van der Waals surface area contributed by atoms with E-state index in [0.717, 1.165) is 36.7 Å². The first-order chi connectivity index (χ1) is 11.6. The van der Waals surface area contributed by atoms with Crippen LogP contribution in [0.15, 0.2) is 24.4 Å². The van der Waals surface area contributed by atoms with Crippen LogP contribution in [-0.2, 0) is 0 Å². The number of hydrazine groups is 1. The Balaban J connectivity index is 1.89. The lowest BCUT2D eigenvalue weighted by Gasteiger charge is -2.21. The van der Waals surface area contributed by atoms with E-state index in [9.17, 15) is 0 Å². The van der Waals surface area contributed by atoms with Gasteiger partial charge >= 0.3 is 0 Å². The Kier molecular flexibility index (Phi) is 4.92. The Bertz CT molecular complexity index is 703. The summed E-state index contributed by atoms with van der Waals surface area (Å²) >= 11 is 0. The normalized spacial score (nSPS) is 16.8. The molecular weight excluding hydrogens is 302 g/mol. The minimum atomic E-state index is 0.318. The number of nitrogens with one attached hydrogen (secondary N) is 2. The second-order valence-corrected chi connectivity index (χ2v) is 6.02. The van der Waals surface area contributed by atoms with Crippen LogP contribution in [0.25, 0.3) is 11.4 Å². The molecule has 1 aromatic heterocycles. The minimum absolute atomic E-state index is 0.318. The summed E-state index contributed by atoms with van der Waals surface area (Å²) in [6.07, 6.45) is 1.73. The molecule has 1 aromatic carbocycles. The van der Waals surface area contributed by atoms with Crippen molar-refractivity contribution >= 4 is 11.5 Å². The maximum absolute atomic E-state index is 4.73. The second kappa shape index (κ2) is 7.11. The van der Waals surface area contributed by atoms with Gasteiger partial charge in [-0.2, -0.15) is 5.10 Å². The lowest BCUT2D eigenvalue weighted by molar-refractivity contribution is 0.342. The standard InChI is InChI=1S/C17H25N7/c1-5-24(9-8-18-3)16-11-19-21-17(20-16)13-6-7-15-14(10-13)12(2)23(4)22-15/h6-7,10-12,18,22H,5,8-9H2,1-4H3. The van der Waals surface area contributed by atoms with E-state index in [1.807, 2.05) is 20.2 Å². The molecule has 0 radical (unpaired) electrons. The highest BCUT2D eigenvalue weighted by atomic mass is 15.5. The zero-order valence-corrected chi connectivity index (χ0v) is 14.7. The van der Waals surface area contributed by atoms with Crippen molar-refractivity contribution in [2.75, 3.05) is 44.1 Å². The SMILES string of the molecule is CCN(CCNC)c1cnnc(-c2ccc3c(c2)C(C)N(C)N3)n1. The van der Waals surface area contributed by atoms with Gasteiger partial charge in [0.15, 0.2) is 11.6 Å². The van der Waals surface area contributed by atoms with Gasteiger partial charge in [-0.15, -0.1) is 5.10 Å². The van der Waals surface area contributed by atoms with E-state index < -0.39 is 0 Å². The van der Waals surface area contributed by atoms with Crippen molar-refractivity contribution < 1.29 is 0 Å². The van der Waals surface area contributed by atoms with Gasteiger partial charge in [0.25, 0.3) is 0 Å². The monoisotopic (exact) mass is 327 g/mol. The van der Waals surface area contributed by atoms with E-state index >= 15 is 0 Å². The number of fused-ring (bicyclic) bond motifs is 1. The van der Waals surface area contributed by atoms with Crippen LogP contribution in [0, 0.1) is 0 Å². The zero-order chi connectivity index (χ0) is 17.1. The lowest BCUT2D eigenvalue weighted by atomic mass is 10.0. The largest absolute Gasteiger partial charge is 0.354 e. The molecule has 24 heavy (non-hydrogen) atoms. The number of benzene rings is 1. The molecule has 3 rings (SSSR count). The molecule has 0 amide bonds. The summed E-state index contributed by atoms with van der Waals surface area (Å²) in [6.45, 7) is 6.98. The molecule has 2 N–H and O–H groups in total. The molecule has 1 aliphatic heterocycles. The molecule has 0 fully saturated rings. The third kappa shape index (κ3) is 3.18. The average Bonchev–Trinajstić information content (AvgIpc) is 2.90. The fourth-order valence-electron chi connectivity index (χ4n) is 2.90. The molecule has 0 aliphatic carbocycles. The number of aromatic nitrogens is 3. The molecule has 2 heterocycles. The maximum Gasteiger partial charge on any atom is 0.183 e. The van der Waals surface area contributed by atoms with Crippen molar-refractivity contribution in [2.24, 2.45) is 0 Å². The summed E-state index contributed by atoms with van der Waals surface area (Å²) in [5.74, 6) is 1.53. The summed E-state index contributed by atoms with van der Waals surface area (Å²) in [5.41, 5.74) is 6.74. The highest BCUT2D eigenvalue weighted by molar-refractivity contribution is 5.66. The molecule has 2 aromatic rings. The van der Waals surface area contributed by atoms with Crippen LogP contribution in [0.3, 0.4) is 0 Å². The molecule has 0 saturated heterocycles. The third-order valence-electron chi connectivity index (χ3n) is 4.52. The van der Waals surface area contributed by atoms with Crippen LogP contribution < -0.4 is 15.6 Å². The molecular formula is C17H25N7. The summed E-state index contributed by atoms with van der Waals surface area (Å²) in [4.78, 5) is 6.92. The lowest BCUT2D eigenvalue weighted by Crippen LogP contribution is -2.31. The average molecular weight is 327 g/mol. The van der Waals surface area contributed by atoms with Crippen molar-refractivity contribution in [3.05, 3.63) is 30.0 Å². The third-order valence-corrected chi connectivity index (χ3v) is 4.52. The van der Waals surface area contributed by atoms with Crippen molar-refractivity contribution in [2.45, 2.75) is 19.9 Å². The summed E-state index contributed by atoms with van der Waals surface area (Å²) in [6, 6.07) is 6.60. The Labute approximate surface area is 143 Å². The summed E-state index contributed by atoms with van der Waals surface area (Å²) in [7, 11) is 4.00. The van der Waals surface area contributed by atoms with Gasteiger partial charge in [0.1, 0.15) is 0 Å². The van der Waals surface area contributed by atoms with Crippen molar-refractivity contribution in [1.29, 1.82) is 0 Å². The Hall–Kier alpha value is -2.25. The van der Waals surface area contributed by atoms with Gasteiger partial charge < -0.3 is 15.6 Å². The van der Waals surface area contributed by atoms with Crippen molar-refractivity contribution in [1.82, 2.24) is 25.5 Å². The summed E-state index contributed by atoms with van der Waals surface area (Å²) < 4.78 is 0. The molecule has 0 spiro atoms. The van der Waals surface area contributed by atoms with Crippen molar-refractivity contribution in [3.8, 4) is 11.4 Å². The Morgan fingerprint density at radius 1 is 1.38 bits per heavy atom. The minimum Gasteiger partial charge on any atom is -0.354 e. The van der Waals surface area contributed by atoms with E-state index in [-0.39, 0.29) is 0 Å². The van der Waals surface area contributed by atoms with E-state index in [1.165, 1.54) is 5.56 Å². The van der Waals surface area contributed by atoms with Crippen LogP contribution in [-0.4, -0.2) is 53.9 Å². The number of nitrogens with zero attached hydrogens (tertiary/aromatic N) is 5. The molecule has 1 atom stereocenters. The first-order valence-electron chi connectivity index (χ1n) is 8.37. The number of likely N-dealkylation sites (N-methyl/N-ethyl adjacent to an activating group) is 2. The molecule has 7 heteroatoms. The Morgan fingerprint density at radius 3 is 2.96 bits per heavy atom. The van der Waals surface area contributed by atoms with Crippen LogP contribution >= 0.6 is 0 Å². The molecule has 1 aliphatic rings. The molecule has 0 saturated carbocycles. The van der Waals surface area contributed by atoms with Gasteiger partial charge in [-0.3, -0.25) is 0 Å². The first-order valence-corrected chi connectivity index (χ1v) is 8.37. The molecule has 7 nitrogen and oxygen atoms in total. The quantitative estimate of drug-likeness (QED) is 0.840. The van der Waals surface area contributed by atoms with Crippen LogP contribution in [0.4, 0.5) is 11.5 Å². The molecule has 1 unspecified atom stereocenters. The zero-order valence-electron chi connectivity index (χ0n) is 14.7. The van der Waals surface area contributed by atoms with E-state index in [1.54, 1.807) is 6.20 Å². The van der Waals surface area contributed by atoms with E-state index in [2.05, 4.69) is 56.8 Å².